The van der Waals surface area contributed by atoms with E-state index in [-0.39, 0.29) is 12.3 Å². The number of para-hydroxylation sites is 1. The first kappa shape index (κ1) is 11.1. The largest absolute Gasteiger partial charge is 0.398 e. The summed E-state index contributed by atoms with van der Waals surface area (Å²) in [6.45, 7) is 1.75. The summed E-state index contributed by atoms with van der Waals surface area (Å²) in [6.07, 6.45) is 1.60. The van der Waals surface area contributed by atoms with Crippen molar-refractivity contribution in [3.8, 4) is 0 Å². The molecule has 1 heterocycles. The second kappa shape index (κ2) is 4.25. The number of nitro benzene ring substituents is 1. The van der Waals surface area contributed by atoms with Gasteiger partial charge in [-0.1, -0.05) is 12.1 Å². The van der Waals surface area contributed by atoms with E-state index in [0.717, 1.165) is 0 Å². The van der Waals surface area contributed by atoms with Crippen molar-refractivity contribution in [3.05, 3.63) is 50.7 Å². The molecule has 0 N–H and O–H groups in total. The molecule has 0 fully saturated rings. The predicted molar refractivity (Wildman–Crippen MR) is 61.3 cm³/mol. The molecular formula is C11H10N2O4. The van der Waals surface area contributed by atoms with Gasteiger partial charge in [-0.25, -0.2) is 0 Å². The zero-order valence-corrected chi connectivity index (χ0v) is 9.12. The minimum absolute atomic E-state index is 0.0112. The molecule has 0 atom stereocenters. The highest BCUT2D eigenvalue weighted by molar-refractivity contribution is 6.00. The normalized spacial score (nSPS) is 17.4. The molecule has 1 aliphatic heterocycles. The summed E-state index contributed by atoms with van der Waals surface area (Å²) < 4.78 is 0. The van der Waals surface area contributed by atoms with Crippen molar-refractivity contribution in [3.63, 3.8) is 0 Å². The maximum atomic E-state index is 11.1. The zero-order chi connectivity index (χ0) is 12.4. The Bertz CT molecular complexity index is 534. The summed E-state index contributed by atoms with van der Waals surface area (Å²) in [5, 5.41) is 21.9. The average molecular weight is 234 g/mol. The lowest BCUT2D eigenvalue weighted by atomic mass is 10.1. The molecule has 0 bridgehead atoms. The van der Waals surface area contributed by atoms with Crippen molar-refractivity contribution in [1.29, 1.82) is 0 Å². The Morgan fingerprint density at radius 1 is 1.47 bits per heavy atom. The number of nitrogens with zero attached hydrogens (tertiary/aromatic N) is 2. The van der Waals surface area contributed by atoms with Crippen LogP contribution >= 0.6 is 0 Å². The fourth-order valence-corrected chi connectivity index (χ4v) is 1.56. The summed E-state index contributed by atoms with van der Waals surface area (Å²) >= 11 is 0. The quantitative estimate of drug-likeness (QED) is 0.444. The molecule has 0 aromatic heterocycles. The average Bonchev–Trinajstić information content (AvgIpc) is 2.61. The number of hydrogen-bond acceptors (Lipinski definition) is 4. The Hall–Kier alpha value is -2.37. The van der Waals surface area contributed by atoms with Crippen LogP contribution in [0.25, 0.3) is 6.08 Å². The summed E-state index contributed by atoms with van der Waals surface area (Å²) in [6, 6.07) is 6.36. The summed E-state index contributed by atoms with van der Waals surface area (Å²) in [7, 11) is 0. The Morgan fingerprint density at radius 2 is 2.18 bits per heavy atom. The van der Waals surface area contributed by atoms with E-state index in [4.69, 9.17) is 4.84 Å². The van der Waals surface area contributed by atoms with E-state index in [9.17, 15) is 15.3 Å². The van der Waals surface area contributed by atoms with Gasteiger partial charge in [0.2, 0.25) is 5.71 Å². The van der Waals surface area contributed by atoms with Crippen LogP contribution < -0.4 is 0 Å². The Balaban J connectivity index is 2.44. The van der Waals surface area contributed by atoms with E-state index in [1.54, 1.807) is 31.2 Å². The molecule has 0 amide bonds. The standard InChI is InChI=1S/C11H10N2O4/c1-8-10(7-17-13(8)16)6-9-4-2-3-5-11(9)12(14)15/h2-6H,7H2,1H3/b10-6-. The Labute approximate surface area is 97.1 Å². The van der Waals surface area contributed by atoms with E-state index in [0.29, 0.717) is 21.8 Å². The van der Waals surface area contributed by atoms with Crippen LogP contribution in [0.2, 0.25) is 0 Å². The molecule has 0 spiro atoms. The molecule has 0 aliphatic carbocycles. The van der Waals surface area contributed by atoms with E-state index in [1.807, 2.05) is 0 Å². The molecule has 0 unspecified atom stereocenters. The highest BCUT2D eigenvalue weighted by Crippen LogP contribution is 2.22. The van der Waals surface area contributed by atoms with Crippen molar-refractivity contribution < 1.29 is 14.7 Å². The van der Waals surface area contributed by atoms with Gasteiger partial charge >= 0.3 is 0 Å². The molecule has 6 heteroatoms. The summed E-state index contributed by atoms with van der Waals surface area (Å²) in [4.78, 5) is 15.5. The summed E-state index contributed by atoms with van der Waals surface area (Å²) in [5.74, 6) is 0. The third kappa shape index (κ3) is 2.10. The molecule has 1 aromatic rings. The van der Waals surface area contributed by atoms with E-state index in [1.165, 1.54) is 6.07 Å². The van der Waals surface area contributed by atoms with Crippen molar-refractivity contribution in [1.82, 2.24) is 0 Å². The summed E-state index contributed by atoms with van der Waals surface area (Å²) in [5.41, 5.74) is 1.54. The Kier molecular flexibility index (Phi) is 2.78. The second-order valence-electron chi connectivity index (χ2n) is 3.60. The highest BCUT2D eigenvalue weighted by atomic mass is 16.9. The van der Waals surface area contributed by atoms with Gasteiger partial charge in [0.15, 0.2) is 0 Å². The third-order valence-electron chi connectivity index (χ3n) is 2.54. The fraction of sp³-hybridized carbons (Fsp3) is 0.182. The molecule has 1 aromatic carbocycles. The van der Waals surface area contributed by atoms with Crippen molar-refractivity contribution in [2.75, 3.05) is 6.61 Å². The molecule has 2 rings (SSSR count). The lowest BCUT2D eigenvalue weighted by Gasteiger charge is -1.97. The fourth-order valence-electron chi connectivity index (χ4n) is 1.56. The molecule has 1 aliphatic rings. The smallest absolute Gasteiger partial charge is 0.276 e. The van der Waals surface area contributed by atoms with Crippen molar-refractivity contribution in [2.24, 2.45) is 0 Å². The lowest BCUT2D eigenvalue weighted by molar-refractivity contribution is -0.730. The second-order valence-corrected chi connectivity index (χ2v) is 3.60. The minimum atomic E-state index is -0.452. The number of hydrogen-bond donors (Lipinski definition) is 0. The molecule has 0 saturated heterocycles. The number of rotatable bonds is 2. The SMILES string of the molecule is CC1=[N+]([O-])OC/C1=C/c1ccccc1[N+](=O)[O-]. The van der Waals surface area contributed by atoms with Gasteiger partial charge in [-0.2, -0.15) is 0 Å². The van der Waals surface area contributed by atoms with Gasteiger partial charge in [0, 0.05) is 23.5 Å². The zero-order valence-electron chi connectivity index (χ0n) is 9.12. The van der Waals surface area contributed by atoms with Crippen molar-refractivity contribution >= 4 is 17.5 Å². The van der Waals surface area contributed by atoms with Crippen LogP contribution in [0.1, 0.15) is 12.5 Å². The minimum Gasteiger partial charge on any atom is -0.398 e. The van der Waals surface area contributed by atoms with Gasteiger partial charge in [-0.05, 0) is 12.1 Å². The van der Waals surface area contributed by atoms with E-state index < -0.39 is 4.92 Å². The predicted octanol–water partition coefficient (Wildman–Crippen LogP) is 1.89. The molecule has 0 saturated carbocycles. The van der Waals surface area contributed by atoms with Crippen LogP contribution in [-0.2, 0) is 4.84 Å². The van der Waals surface area contributed by atoms with Gasteiger partial charge in [0.25, 0.3) is 5.69 Å². The van der Waals surface area contributed by atoms with Gasteiger partial charge in [-0.3, -0.25) is 15.3 Å². The number of benzene rings is 1. The van der Waals surface area contributed by atoms with Gasteiger partial charge in [0.05, 0.1) is 17.1 Å². The first-order chi connectivity index (χ1) is 8.09. The number of nitro groups is 1. The van der Waals surface area contributed by atoms with Crippen LogP contribution in [0, 0.1) is 15.3 Å². The first-order valence-electron chi connectivity index (χ1n) is 4.97. The van der Waals surface area contributed by atoms with Crippen molar-refractivity contribution in [2.45, 2.75) is 6.92 Å². The lowest BCUT2D eigenvalue weighted by Crippen LogP contribution is -2.02. The molecule has 0 radical (unpaired) electrons. The van der Waals surface area contributed by atoms with Crippen LogP contribution in [0.15, 0.2) is 29.8 Å². The van der Waals surface area contributed by atoms with Crippen LogP contribution in [-0.4, -0.2) is 22.1 Å². The van der Waals surface area contributed by atoms with E-state index in [2.05, 4.69) is 0 Å². The molecule has 17 heavy (non-hydrogen) atoms. The maximum absolute atomic E-state index is 11.1. The van der Waals surface area contributed by atoms with Crippen LogP contribution in [0.3, 0.4) is 0 Å². The van der Waals surface area contributed by atoms with Gasteiger partial charge in [0.1, 0.15) is 0 Å². The Morgan fingerprint density at radius 3 is 2.76 bits per heavy atom. The topological polar surface area (TPSA) is 78.4 Å². The van der Waals surface area contributed by atoms with Gasteiger partial charge < -0.3 is 4.84 Å². The maximum Gasteiger partial charge on any atom is 0.276 e. The molecule has 6 nitrogen and oxygen atoms in total. The van der Waals surface area contributed by atoms with Crippen LogP contribution in [0.5, 0.6) is 0 Å². The van der Waals surface area contributed by atoms with Crippen LogP contribution in [0.4, 0.5) is 5.69 Å². The highest BCUT2D eigenvalue weighted by Gasteiger charge is 2.21. The monoisotopic (exact) mass is 234 g/mol. The first-order valence-corrected chi connectivity index (χ1v) is 4.97. The van der Waals surface area contributed by atoms with E-state index >= 15 is 0 Å². The molecular weight excluding hydrogens is 224 g/mol. The third-order valence-corrected chi connectivity index (χ3v) is 2.54. The molecule has 88 valence electrons. The van der Waals surface area contributed by atoms with Gasteiger partial charge in [-0.15, -0.1) is 0 Å².